The Morgan fingerprint density at radius 2 is 2.00 bits per heavy atom. The first-order valence-electron chi connectivity index (χ1n) is 10.4. The van der Waals surface area contributed by atoms with E-state index in [9.17, 15) is 5.11 Å². The fourth-order valence-corrected chi connectivity index (χ4v) is 4.01. The molecule has 8 heteroatoms. The van der Waals surface area contributed by atoms with Gasteiger partial charge in [0, 0.05) is 55.2 Å². The van der Waals surface area contributed by atoms with E-state index in [1.807, 2.05) is 41.1 Å². The van der Waals surface area contributed by atoms with Crippen molar-refractivity contribution in [1.29, 1.82) is 0 Å². The Bertz CT molecular complexity index is 1250. The highest BCUT2D eigenvalue weighted by atomic mass is 16.5. The van der Waals surface area contributed by atoms with E-state index in [0.29, 0.717) is 25.5 Å². The van der Waals surface area contributed by atoms with Crippen LogP contribution in [-0.2, 0) is 0 Å². The molecule has 1 saturated heterocycles. The lowest BCUT2D eigenvalue weighted by Crippen LogP contribution is -2.50. The van der Waals surface area contributed by atoms with Crippen molar-refractivity contribution in [1.82, 2.24) is 14.4 Å². The second-order valence-corrected chi connectivity index (χ2v) is 7.85. The number of aliphatic hydroxyl groups is 1. The van der Waals surface area contributed by atoms with E-state index >= 15 is 0 Å². The minimum atomic E-state index is -0.219. The van der Waals surface area contributed by atoms with Crippen LogP contribution in [-0.4, -0.2) is 51.8 Å². The van der Waals surface area contributed by atoms with Crippen molar-refractivity contribution in [3.05, 3.63) is 61.1 Å². The number of aromatic nitrogens is 3. The summed E-state index contributed by atoms with van der Waals surface area (Å²) in [6.07, 6.45) is 5.46. The van der Waals surface area contributed by atoms with Crippen LogP contribution in [0.2, 0.25) is 0 Å². The fourth-order valence-electron chi connectivity index (χ4n) is 4.01. The average Bonchev–Trinajstić information content (AvgIpc) is 3.26. The van der Waals surface area contributed by atoms with Gasteiger partial charge in [-0.05, 0) is 42.5 Å². The number of benzene rings is 2. The van der Waals surface area contributed by atoms with E-state index in [-0.39, 0.29) is 6.10 Å². The number of ether oxygens (including phenoxy) is 1. The number of nitrogens with one attached hydrogen (secondary N) is 2. The number of nitrogens with zero attached hydrogens (tertiary/aromatic N) is 4. The lowest BCUT2D eigenvalue weighted by Gasteiger charge is -2.37. The fraction of sp³-hybridized carbons (Fsp3) is 0.217. The third-order valence-corrected chi connectivity index (χ3v) is 5.68. The number of imidazole rings is 1. The van der Waals surface area contributed by atoms with E-state index in [1.54, 1.807) is 6.20 Å². The number of anilines is 4. The van der Waals surface area contributed by atoms with Gasteiger partial charge in [0.15, 0.2) is 11.5 Å². The molecule has 0 amide bonds. The third-order valence-electron chi connectivity index (χ3n) is 5.68. The van der Waals surface area contributed by atoms with E-state index in [0.717, 1.165) is 46.3 Å². The Hall–Kier alpha value is -3.78. The van der Waals surface area contributed by atoms with Gasteiger partial charge in [0.05, 0.1) is 17.5 Å². The molecule has 0 atom stereocenters. The summed E-state index contributed by atoms with van der Waals surface area (Å²) in [6.45, 7) is 2.85. The standard InChI is InChI=1S/C23H22N6O2/c30-18-12-29(13-18)17-4-2-16(3-5-17)26-22-23-25-7-9-28(23)14-20(27-22)15-1-6-21-19(11-15)24-8-10-31-21/h1-7,9,11,14,18,24,30H,8,10,12-13H2,(H,26,27). The van der Waals surface area contributed by atoms with Crippen molar-refractivity contribution >= 4 is 28.5 Å². The molecule has 6 rings (SSSR count). The summed E-state index contributed by atoms with van der Waals surface area (Å²) in [4.78, 5) is 11.5. The van der Waals surface area contributed by atoms with Crippen LogP contribution in [0.25, 0.3) is 16.9 Å². The molecule has 0 saturated carbocycles. The van der Waals surface area contributed by atoms with Crippen molar-refractivity contribution in [2.45, 2.75) is 6.10 Å². The molecule has 1 fully saturated rings. The molecule has 0 aliphatic carbocycles. The molecule has 0 radical (unpaired) electrons. The molecule has 4 aromatic rings. The number of hydrogen-bond acceptors (Lipinski definition) is 7. The van der Waals surface area contributed by atoms with Crippen molar-refractivity contribution in [2.75, 3.05) is 41.8 Å². The first-order valence-corrected chi connectivity index (χ1v) is 10.4. The van der Waals surface area contributed by atoms with Gasteiger partial charge in [-0.25, -0.2) is 9.97 Å². The highest BCUT2D eigenvalue weighted by molar-refractivity contribution is 5.76. The average molecular weight is 414 g/mol. The SMILES string of the molecule is OC1CN(c2ccc(Nc3nc(-c4ccc5c(c4)NCCO5)cn4ccnc34)cc2)C1. The second-order valence-electron chi connectivity index (χ2n) is 7.85. The maximum absolute atomic E-state index is 9.51. The molecule has 2 aliphatic rings. The molecule has 2 aromatic heterocycles. The van der Waals surface area contributed by atoms with E-state index in [1.165, 1.54) is 0 Å². The minimum Gasteiger partial charge on any atom is -0.490 e. The number of β-amino-alcohol motifs (C(OH)–C–C–N with tert-alkyl or cyclic N) is 1. The van der Waals surface area contributed by atoms with Crippen LogP contribution in [0, 0.1) is 0 Å². The van der Waals surface area contributed by atoms with E-state index < -0.39 is 0 Å². The predicted molar refractivity (Wildman–Crippen MR) is 120 cm³/mol. The summed E-state index contributed by atoms with van der Waals surface area (Å²) >= 11 is 0. The van der Waals surface area contributed by atoms with Crippen molar-refractivity contribution in [3.8, 4) is 17.0 Å². The Kier molecular flexibility index (Phi) is 4.17. The summed E-state index contributed by atoms with van der Waals surface area (Å²) < 4.78 is 7.67. The molecule has 0 spiro atoms. The quantitative estimate of drug-likeness (QED) is 0.473. The summed E-state index contributed by atoms with van der Waals surface area (Å²) in [5.74, 6) is 1.56. The lowest BCUT2D eigenvalue weighted by molar-refractivity contribution is 0.142. The summed E-state index contributed by atoms with van der Waals surface area (Å²) in [5, 5.41) is 16.3. The molecular formula is C23H22N6O2. The number of aliphatic hydroxyl groups excluding tert-OH is 1. The Morgan fingerprint density at radius 1 is 1.13 bits per heavy atom. The third kappa shape index (κ3) is 3.30. The normalized spacial score (nSPS) is 15.7. The van der Waals surface area contributed by atoms with Gasteiger partial charge in [-0.15, -0.1) is 0 Å². The Morgan fingerprint density at radius 3 is 2.84 bits per heavy atom. The highest BCUT2D eigenvalue weighted by Gasteiger charge is 2.24. The monoisotopic (exact) mass is 414 g/mol. The molecule has 0 unspecified atom stereocenters. The number of fused-ring (bicyclic) bond motifs is 2. The summed E-state index contributed by atoms with van der Waals surface area (Å²) in [7, 11) is 0. The van der Waals surface area contributed by atoms with Crippen LogP contribution in [0.15, 0.2) is 61.1 Å². The number of rotatable bonds is 4. The van der Waals surface area contributed by atoms with Crippen LogP contribution in [0.3, 0.4) is 0 Å². The first kappa shape index (κ1) is 18.0. The maximum atomic E-state index is 9.51. The molecule has 2 aliphatic heterocycles. The van der Waals surface area contributed by atoms with Gasteiger partial charge in [-0.3, -0.25) is 0 Å². The molecule has 2 aromatic carbocycles. The van der Waals surface area contributed by atoms with Gasteiger partial charge in [0.1, 0.15) is 12.4 Å². The van der Waals surface area contributed by atoms with Gasteiger partial charge < -0.3 is 29.8 Å². The van der Waals surface area contributed by atoms with E-state index in [4.69, 9.17) is 9.72 Å². The topological polar surface area (TPSA) is 87.0 Å². The van der Waals surface area contributed by atoms with Crippen molar-refractivity contribution in [2.24, 2.45) is 0 Å². The van der Waals surface area contributed by atoms with Gasteiger partial charge in [0.2, 0.25) is 0 Å². The maximum Gasteiger partial charge on any atom is 0.180 e. The summed E-state index contributed by atoms with van der Waals surface area (Å²) in [5.41, 5.74) is 5.62. The minimum absolute atomic E-state index is 0.219. The Labute approximate surface area is 179 Å². The molecule has 31 heavy (non-hydrogen) atoms. The summed E-state index contributed by atoms with van der Waals surface area (Å²) in [6, 6.07) is 14.2. The zero-order valence-corrected chi connectivity index (χ0v) is 16.8. The first-order chi connectivity index (χ1) is 15.2. The van der Waals surface area contributed by atoms with E-state index in [2.05, 4.69) is 38.7 Å². The zero-order valence-electron chi connectivity index (χ0n) is 16.8. The smallest absolute Gasteiger partial charge is 0.180 e. The largest absolute Gasteiger partial charge is 0.490 e. The van der Waals surface area contributed by atoms with Crippen LogP contribution >= 0.6 is 0 Å². The lowest BCUT2D eigenvalue weighted by atomic mass is 10.1. The van der Waals surface area contributed by atoms with Gasteiger partial charge in [0.25, 0.3) is 0 Å². The zero-order chi connectivity index (χ0) is 20.8. The predicted octanol–water partition coefficient (Wildman–Crippen LogP) is 3.13. The van der Waals surface area contributed by atoms with Gasteiger partial charge in [-0.1, -0.05) is 0 Å². The highest BCUT2D eigenvalue weighted by Crippen LogP contribution is 2.33. The van der Waals surface area contributed by atoms with Crippen LogP contribution in [0.1, 0.15) is 0 Å². The molecule has 4 heterocycles. The number of hydrogen-bond donors (Lipinski definition) is 3. The van der Waals surface area contributed by atoms with Crippen LogP contribution in [0.4, 0.5) is 22.9 Å². The van der Waals surface area contributed by atoms with Gasteiger partial charge >= 0.3 is 0 Å². The molecule has 3 N–H and O–H groups in total. The second kappa shape index (κ2) is 7.17. The Balaban J connectivity index is 1.32. The van der Waals surface area contributed by atoms with Crippen LogP contribution < -0.4 is 20.3 Å². The van der Waals surface area contributed by atoms with Crippen molar-refractivity contribution in [3.63, 3.8) is 0 Å². The van der Waals surface area contributed by atoms with Gasteiger partial charge in [-0.2, -0.15) is 0 Å². The molecule has 8 nitrogen and oxygen atoms in total. The molecule has 0 bridgehead atoms. The molecular weight excluding hydrogens is 392 g/mol. The van der Waals surface area contributed by atoms with Crippen molar-refractivity contribution < 1.29 is 9.84 Å². The molecule has 156 valence electrons. The van der Waals surface area contributed by atoms with Crippen LogP contribution in [0.5, 0.6) is 5.75 Å².